The molecule has 2 aromatic rings. The molecule has 5 amide bonds. The molecule has 14 nitrogen and oxygen atoms in total. The van der Waals surface area contributed by atoms with E-state index in [2.05, 4.69) is 36.2 Å². The average molecular weight is 729 g/mol. The first-order valence-corrected chi connectivity index (χ1v) is 19.0. The summed E-state index contributed by atoms with van der Waals surface area (Å²) in [5, 5.41) is 11.6. The normalized spacial score (nSPS) is 27.1. The summed E-state index contributed by atoms with van der Waals surface area (Å²) in [4.78, 5) is 97.2. The lowest BCUT2D eigenvalue weighted by Gasteiger charge is -2.48. The number of Topliss-reactive ketones (excluding diaryl/α,β-unsaturated/α-hetero) is 1. The van der Waals surface area contributed by atoms with Crippen LogP contribution in [0.4, 0.5) is 0 Å². The molecule has 2 aromatic heterocycles. The van der Waals surface area contributed by atoms with E-state index in [4.69, 9.17) is 0 Å². The molecule has 4 N–H and O–H groups in total. The van der Waals surface area contributed by atoms with Crippen LogP contribution in [0, 0.1) is 28.6 Å². The molecule has 6 rings (SSSR count). The van der Waals surface area contributed by atoms with E-state index < -0.39 is 70.5 Å². The zero-order valence-electron chi connectivity index (χ0n) is 31.3. The molecular weight excluding hydrogens is 676 g/mol. The smallest absolute Gasteiger partial charge is 0.290 e. The number of nitrogens with one attached hydrogen (secondary N) is 4. The van der Waals surface area contributed by atoms with Gasteiger partial charge in [-0.15, -0.1) is 0 Å². The quantitative estimate of drug-likeness (QED) is 0.252. The van der Waals surface area contributed by atoms with Gasteiger partial charge in [0.2, 0.25) is 23.5 Å². The van der Waals surface area contributed by atoms with Crippen molar-refractivity contribution in [2.24, 2.45) is 28.6 Å². The first-order valence-electron chi connectivity index (χ1n) is 19.0. The van der Waals surface area contributed by atoms with Crippen molar-refractivity contribution in [1.29, 1.82) is 0 Å². The molecule has 284 valence electrons. The standard InChI is InChI=1S/C39H52N8O6/c1-6-39-15-12-25-21-47(29(27(25)39)35(51)45-31(39)30(48)36(52)43-22(2)23-13-16-40-17-14-23)37(53)32(38(3,4)5)46-34(50)28(24-10-8-7-9-11-24)44-33(49)26-20-41-18-19-42-26/h13-14,16-20,22,24-25,27-29,31-32H,6-12,15,21H2,1-5H3,(H,43,52)(H,44,49)(H,45,51)(H,46,50)/t22-,25-,27-,28-,29-,31+,32+,39?/m0/s1. The number of amides is 5. The fraction of sp³-hybridized carbons (Fsp3) is 0.615. The summed E-state index contributed by atoms with van der Waals surface area (Å²) in [6.07, 6.45) is 13.7. The number of carbonyl (C=O) groups is 6. The summed E-state index contributed by atoms with van der Waals surface area (Å²) in [5.41, 5.74) is -0.591. The molecule has 0 aromatic carbocycles. The highest BCUT2D eigenvalue weighted by Crippen LogP contribution is 2.59. The Morgan fingerprint density at radius 3 is 2.32 bits per heavy atom. The number of likely N-dealkylation sites (tertiary alicyclic amines) is 1. The Morgan fingerprint density at radius 2 is 1.68 bits per heavy atom. The largest absolute Gasteiger partial charge is 0.343 e. The molecule has 4 fully saturated rings. The summed E-state index contributed by atoms with van der Waals surface area (Å²) in [6, 6.07) is -0.717. The van der Waals surface area contributed by atoms with Gasteiger partial charge >= 0.3 is 0 Å². The molecule has 53 heavy (non-hydrogen) atoms. The van der Waals surface area contributed by atoms with E-state index in [1.54, 1.807) is 36.4 Å². The van der Waals surface area contributed by atoms with E-state index in [1.807, 2.05) is 27.7 Å². The van der Waals surface area contributed by atoms with Crippen LogP contribution in [0.1, 0.15) is 108 Å². The van der Waals surface area contributed by atoms with Crippen LogP contribution in [0.3, 0.4) is 0 Å². The van der Waals surface area contributed by atoms with Crippen molar-refractivity contribution in [2.45, 2.75) is 116 Å². The number of aromatic nitrogens is 3. The minimum absolute atomic E-state index is 0.0540. The summed E-state index contributed by atoms with van der Waals surface area (Å²) < 4.78 is 0. The van der Waals surface area contributed by atoms with Crippen molar-refractivity contribution < 1.29 is 28.8 Å². The predicted molar refractivity (Wildman–Crippen MR) is 193 cm³/mol. The maximum Gasteiger partial charge on any atom is 0.290 e. The number of hydrogen-bond acceptors (Lipinski definition) is 9. The maximum atomic E-state index is 14.7. The van der Waals surface area contributed by atoms with Gasteiger partial charge in [0.15, 0.2) is 0 Å². The second kappa shape index (κ2) is 15.3. The van der Waals surface area contributed by atoms with Crippen molar-refractivity contribution in [3.05, 3.63) is 54.4 Å². The monoisotopic (exact) mass is 728 g/mol. The van der Waals surface area contributed by atoms with Gasteiger partial charge < -0.3 is 26.2 Å². The van der Waals surface area contributed by atoms with E-state index in [0.29, 0.717) is 25.8 Å². The maximum absolute atomic E-state index is 14.7. The average Bonchev–Trinajstić information content (AvgIpc) is 3.74. The Kier molecular flexibility index (Phi) is 11.0. The van der Waals surface area contributed by atoms with Gasteiger partial charge in [0.05, 0.1) is 12.2 Å². The zero-order chi connectivity index (χ0) is 38.1. The minimum atomic E-state index is -1.03. The number of pyridine rings is 1. The van der Waals surface area contributed by atoms with Crippen LogP contribution in [-0.4, -0.2) is 85.9 Å². The Bertz CT molecular complexity index is 1710. The van der Waals surface area contributed by atoms with E-state index in [9.17, 15) is 28.8 Å². The topological polar surface area (TPSA) is 192 Å². The third kappa shape index (κ3) is 7.41. The lowest BCUT2D eigenvalue weighted by Crippen LogP contribution is -2.69. The van der Waals surface area contributed by atoms with Gasteiger partial charge in [-0.3, -0.25) is 38.7 Å². The van der Waals surface area contributed by atoms with Crippen molar-refractivity contribution in [3.63, 3.8) is 0 Å². The minimum Gasteiger partial charge on any atom is -0.343 e. The van der Waals surface area contributed by atoms with Crippen molar-refractivity contribution >= 4 is 35.3 Å². The van der Waals surface area contributed by atoms with Crippen LogP contribution >= 0.6 is 0 Å². The van der Waals surface area contributed by atoms with Gasteiger partial charge in [-0.25, -0.2) is 4.98 Å². The van der Waals surface area contributed by atoms with Gasteiger partial charge in [-0.2, -0.15) is 0 Å². The first kappa shape index (κ1) is 38.0. The molecule has 2 saturated carbocycles. The summed E-state index contributed by atoms with van der Waals surface area (Å²) in [6.45, 7) is 9.63. The Hall–Kier alpha value is -4.75. The summed E-state index contributed by atoms with van der Waals surface area (Å²) >= 11 is 0. The number of nitrogens with zero attached hydrogens (tertiary/aromatic N) is 4. The molecule has 8 atom stereocenters. The highest BCUT2D eigenvalue weighted by Gasteiger charge is 2.67. The number of rotatable bonds is 11. The van der Waals surface area contributed by atoms with E-state index in [1.165, 1.54) is 18.6 Å². The molecule has 2 saturated heterocycles. The Labute approximate surface area is 310 Å². The van der Waals surface area contributed by atoms with Crippen molar-refractivity contribution in [2.75, 3.05) is 6.54 Å². The molecule has 4 aliphatic rings. The molecule has 1 unspecified atom stereocenters. The molecule has 2 aliphatic carbocycles. The highest BCUT2D eigenvalue weighted by atomic mass is 16.2. The zero-order valence-corrected chi connectivity index (χ0v) is 31.3. The summed E-state index contributed by atoms with van der Waals surface area (Å²) in [7, 11) is 0. The van der Waals surface area contributed by atoms with Gasteiger partial charge in [0.25, 0.3) is 11.8 Å². The van der Waals surface area contributed by atoms with Crippen LogP contribution in [0.2, 0.25) is 0 Å². The fourth-order valence-corrected chi connectivity index (χ4v) is 9.47. The first-order chi connectivity index (χ1) is 25.3. The number of hydrogen-bond donors (Lipinski definition) is 4. The van der Waals surface area contributed by atoms with Crippen LogP contribution in [-0.2, 0) is 24.0 Å². The molecule has 2 aliphatic heterocycles. The van der Waals surface area contributed by atoms with Gasteiger partial charge in [-0.1, -0.05) is 47.0 Å². The van der Waals surface area contributed by atoms with Gasteiger partial charge in [0.1, 0.15) is 29.9 Å². The molecular formula is C39H52N8O6. The second-order valence-electron chi connectivity index (χ2n) is 16.4. The van der Waals surface area contributed by atoms with E-state index in [0.717, 1.165) is 37.7 Å². The van der Waals surface area contributed by atoms with E-state index in [-0.39, 0.29) is 29.4 Å². The lowest BCUT2D eigenvalue weighted by molar-refractivity contribution is -0.153. The highest BCUT2D eigenvalue weighted by molar-refractivity contribution is 6.39. The number of piperidine rings is 1. The number of carbonyl (C=O) groups excluding carboxylic acids is 6. The fourth-order valence-electron chi connectivity index (χ4n) is 9.47. The number of ketones is 1. The van der Waals surface area contributed by atoms with Gasteiger partial charge in [0, 0.05) is 42.7 Å². The van der Waals surface area contributed by atoms with Gasteiger partial charge in [-0.05, 0) is 74.0 Å². The van der Waals surface area contributed by atoms with E-state index >= 15 is 0 Å². The molecule has 0 bridgehead atoms. The Morgan fingerprint density at radius 1 is 0.962 bits per heavy atom. The lowest BCUT2D eigenvalue weighted by atomic mass is 9.63. The van der Waals surface area contributed by atoms with Crippen LogP contribution in [0.25, 0.3) is 0 Å². The summed E-state index contributed by atoms with van der Waals surface area (Å²) in [5.74, 6) is -3.81. The second-order valence-corrected chi connectivity index (χ2v) is 16.4. The third-order valence-corrected chi connectivity index (χ3v) is 12.3. The molecule has 0 radical (unpaired) electrons. The van der Waals surface area contributed by atoms with Crippen LogP contribution in [0.15, 0.2) is 43.1 Å². The van der Waals surface area contributed by atoms with Crippen molar-refractivity contribution in [1.82, 2.24) is 41.1 Å². The predicted octanol–water partition coefficient (Wildman–Crippen LogP) is 2.66. The van der Waals surface area contributed by atoms with Crippen molar-refractivity contribution in [3.8, 4) is 0 Å². The molecule has 14 heteroatoms. The molecule has 4 heterocycles. The SMILES string of the molecule is CCC12CC[C@H]3CN(C(=O)[C@@H](NC(=O)[C@@H](NC(=O)c4cnccn4)C4CCCCC4)C(C)(C)C)[C@H](C(=O)N[C@@H]1C(=O)C(=O)N[C@@H](C)c1ccncc1)[C@H]32. The Balaban J connectivity index is 1.22. The van der Waals surface area contributed by atoms with Crippen LogP contribution < -0.4 is 21.3 Å². The van der Waals surface area contributed by atoms with Crippen LogP contribution in [0.5, 0.6) is 0 Å². The molecule has 0 spiro atoms. The third-order valence-electron chi connectivity index (χ3n) is 12.3.